The number of hydrogen-bond donors (Lipinski definition) is 2. The minimum absolute atomic E-state index is 0.236. The number of carbonyl (C=O) groups is 1. The Morgan fingerprint density at radius 1 is 1.80 bits per heavy atom. The number of nitrogens with two attached hydrogens (primary N) is 2. The van der Waals surface area contributed by atoms with Crippen LogP contribution in [0.15, 0.2) is 0 Å². The summed E-state index contributed by atoms with van der Waals surface area (Å²) in [5.41, 5.74) is 10.6. The van der Waals surface area contributed by atoms with Crippen molar-refractivity contribution in [1.82, 2.24) is 0 Å². The van der Waals surface area contributed by atoms with E-state index < -0.39 is 0 Å². The van der Waals surface area contributed by atoms with Crippen LogP contribution in [-0.2, 0) is 4.79 Å². The molecule has 0 aliphatic heterocycles. The average Bonchev–Trinajstić information content (AvgIpc) is 2.39. The Labute approximate surface area is 60.8 Å². The van der Waals surface area contributed by atoms with Gasteiger partial charge in [0.2, 0.25) is 5.91 Å². The van der Waals surface area contributed by atoms with Crippen LogP contribution >= 0.6 is 0 Å². The summed E-state index contributed by atoms with van der Waals surface area (Å²) in [5, 5.41) is 0. The minimum atomic E-state index is -0.279. The zero-order chi connectivity index (χ0) is 7.78. The summed E-state index contributed by atoms with van der Waals surface area (Å²) in [6.07, 6.45) is 2.38. The average molecular weight is 142 g/mol. The van der Waals surface area contributed by atoms with Crippen molar-refractivity contribution in [3.8, 4) is 0 Å². The number of hydrogen-bond acceptors (Lipinski definition) is 2. The van der Waals surface area contributed by atoms with E-state index in [-0.39, 0.29) is 11.4 Å². The van der Waals surface area contributed by atoms with Crippen molar-refractivity contribution in [2.75, 3.05) is 0 Å². The third-order valence-electron chi connectivity index (χ3n) is 2.28. The summed E-state index contributed by atoms with van der Waals surface area (Å²) in [6, 6.07) is 0. The molecule has 4 N–H and O–H groups in total. The summed E-state index contributed by atoms with van der Waals surface area (Å²) in [5.74, 6) is 0.249. The van der Waals surface area contributed by atoms with Crippen molar-refractivity contribution < 1.29 is 4.79 Å². The maximum Gasteiger partial charge on any atom is 0.219 e. The summed E-state index contributed by atoms with van der Waals surface area (Å²) in [7, 11) is 0. The predicted octanol–water partition coefficient (Wildman–Crippen LogP) is -0.0108. The zero-order valence-electron chi connectivity index (χ0n) is 6.26. The van der Waals surface area contributed by atoms with Crippen LogP contribution in [0.5, 0.6) is 0 Å². The smallest absolute Gasteiger partial charge is 0.219 e. The first-order valence-corrected chi connectivity index (χ1v) is 3.65. The second kappa shape index (κ2) is 2.23. The molecule has 2 unspecified atom stereocenters. The monoisotopic (exact) mass is 142 g/mol. The van der Waals surface area contributed by atoms with Crippen LogP contribution in [0.25, 0.3) is 0 Å². The molecule has 1 fully saturated rings. The van der Waals surface area contributed by atoms with Gasteiger partial charge in [-0.1, -0.05) is 13.3 Å². The van der Waals surface area contributed by atoms with Crippen LogP contribution in [-0.4, -0.2) is 11.4 Å². The Morgan fingerprint density at radius 2 is 2.40 bits per heavy atom. The van der Waals surface area contributed by atoms with E-state index in [1.807, 2.05) is 0 Å². The van der Waals surface area contributed by atoms with E-state index in [1.54, 1.807) is 0 Å². The highest BCUT2D eigenvalue weighted by Crippen LogP contribution is 2.45. The third-order valence-corrected chi connectivity index (χ3v) is 2.28. The van der Waals surface area contributed by atoms with Gasteiger partial charge in [0, 0.05) is 12.0 Å². The van der Waals surface area contributed by atoms with Gasteiger partial charge >= 0.3 is 0 Å². The predicted molar refractivity (Wildman–Crippen MR) is 39.1 cm³/mol. The third kappa shape index (κ3) is 1.29. The molecule has 0 aromatic rings. The Bertz CT molecular complexity index is 158. The number of rotatable bonds is 3. The number of primary amides is 1. The van der Waals surface area contributed by atoms with Gasteiger partial charge in [-0.15, -0.1) is 0 Å². The van der Waals surface area contributed by atoms with Gasteiger partial charge in [-0.05, 0) is 12.3 Å². The fourth-order valence-electron chi connectivity index (χ4n) is 1.49. The lowest BCUT2D eigenvalue weighted by atomic mass is 10.1. The molecule has 0 aromatic carbocycles. The van der Waals surface area contributed by atoms with E-state index in [4.69, 9.17) is 11.5 Å². The molecular formula is C7H14N2O. The summed E-state index contributed by atoms with van der Waals surface area (Å²) in [4.78, 5) is 10.5. The minimum Gasteiger partial charge on any atom is -0.370 e. The van der Waals surface area contributed by atoms with E-state index in [2.05, 4.69) is 6.92 Å². The second-order valence-corrected chi connectivity index (χ2v) is 3.19. The molecule has 58 valence electrons. The van der Waals surface area contributed by atoms with Crippen LogP contribution in [0.1, 0.15) is 26.2 Å². The van der Waals surface area contributed by atoms with Crippen molar-refractivity contribution in [2.45, 2.75) is 31.7 Å². The van der Waals surface area contributed by atoms with E-state index in [0.29, 0.717) is 12.3 Å². The van der Waals surface area contributed by atoms with Crippen LogP contribution in [0.3, 0.4) is 0 Å². The largest absolute Gasteiger partial charge is 0.370 e. The molecule has 1 aliphatic rings. The quantitative estimate of drug-likeness (QED) is 0.582. The molecule has 1 aliphatic carbocycles. The molecule has 0 aromatic heterocycles. The Morgan fingerprint density at radius 3 is 2.70 bits per heavy atom. The first kappa shape index (κ1) is 7.54. The molecule has 2 atom stereocenters. The molecule has 3 heteroatoms. The van der Waals surface area contributed by atoms with Crippen molar-refractivity contribution in [2.24, 2.45) is 17.4 Å². The molecule has 0 saturated heterocycles. The van der Waals surface area contributed by atoms with Crippen LogP contribution in [0, 0.1) is 5.92 Å². The Balaban J connectivity index is 2.36. The van der Waals surface area contributed by atoms with E-state index >= 15 is 0 Å². The van der Waals surface area contributed by atoms with Gasteiger partial charge in [0.25, 0.3) is 0 Å². The van der Waals surface area contributed by atoms with Gasteiger partial charge in [-0.3, -0.25) is 4.79 Å². The second-order valence-electron chi connectivity index (χ2n) is 3.19. The van der Waals surface area contributed by atoms with Crippen LogP contribution < -0.4 is 11.5 Å². The molecule has 0 radical (unpaired) electrons. The van der Waals surface area contributed by atoms with Gasteiger partial charge in [0.15, 0.2) is 0 Å². The molecule has 1 rings (SSSR count). The standard InChI is InChI=1S/C7H14N2O/c1-2-5-3-7(5,9)4-6(8)10/h5H,2-4,9H2,1H3,(H2,8,10). The Hall–Kier alpha value is -0.570. The lowest BCUT2D eigenvalue weighted by Crippen LogP contribution is -2.31. The van der Waals surface area contributed by atoms with Crippen molar-refractivity contribution in [3.05, 3.63) is 0 Å². The van der Waals surface area contributed by atoms with Gasteiger partial charge in [-0.25, -0.2) is 0 Å². The number of carbonyl (C=O) groups excluding carboxylic acids is 1. The molecule has 1 amide bonds. The lowest BCUT2D eigenvalue weighted by Gasteiger charge is -2.06. The molecular weight excluding hydrogens is 128 g/mol. The first-order chi connectivity index (χ1) is 4.58. The molecule has 0 heterocycles. The summed E-state index contributed by atoms with van der Waals surface area (Å²) in [6.45, 7) is 2.08. The van der Waals surface area contributed by atoms with Crippen molar-refractivity contribution >= 4 is 5.91 Å². The maximum absolute atomic E-state index is 10.5. The van der Waals surface area contributed by atoms with Crippen molar-refractivity contribution in [3.63, 3.8) is 0 Å². The SMILES string of the molecule is CCC1CC1(N)CC(N)=O. The highest BCUT2D eigenvalue weighted by Gasteiger charge is 2.50. The lowest BCUT2D eigenvalue weighted by molar-refractivity contribution is -0.118. The van der Waals surface area contributed by atoms with Gasteiger partial charge in [0.05, 0.1) is 0 Å². The van der Waals surface area contributed by atoms with E-state index in [0.717, 1.165) is 12.8 Å². The number of amides is 1. The van der Waals surface area contributed by atoms with E-state index in [9.17, 15) is 4.79 Å². The summed E-state index contributed by atoms with van der Waals surface area (Å²) >= 11 is 0. The van der Waals surface area contributed by atoms with Crippen LogP contribution in [0.4, 0.5) is 0 Å². The van der Waals surface area contributed by atoms with Gasteiger partial charge in [-0.2, -0.15) is 0 Å². The first-order valence-electron chi connectivity index (χ1n) is 3.65. The van der Waals surface area contributed by atoms with Crippen LogP contribution in [0.2, 0.25) is 0 Å². The van der Waals surface area contributed by atoms with Gasteiger partial charge in [0.1, 0.15) is 0 Å². The topological polar surface area (TPSA) is 69.1 Å². The maximum atomic E-state index is 10.5. The van der Waals surface area contributed by atoms with Gasteiger partial charge < -0.3 is 11.5 Å². The fourth-order valence-corrected chi connectivity index (χ4v) is 1.49. The molecule has 3 nitrogen and oxygen atoms in total. The molecule has 10 heavy (non-hydrogen) atoms. The summed E-state index contributed by atoms with van der Waals surface area (Å²) < 4.78 is 0. The van der Waals surface area contributed by atoms with Crippen molar-refractivity contribution in [1.29, 1.82) is 0 Å². The highest BCUT2D eigenvalue weighted by molar-refractivity contribution is 5.75. The van der Waals surface area contributed by atoms with E-state index in [1.165, 1.54) is 0 Å². The fraction of sp³-hybridized carbons (Fsp3) is 0.857. The molecule has 0 bridgehead atoms. The Kier molecular flexibility index (Phi) is 1.68. The zero-order valence-corrected chi connectivity index (χ0v) is 6.26. The molecule has 1 saturated carbocycles. The normalized spacial score (nSPS) is 37.6. The molecule has 0 spiro atoms. The highest BCUT2D eigenvalue weighted by atomic mass is 16.1.